The lowest BCUT2D eigenvalue weighted by molar-refractivity contribution is -0.138. The number of benzene rings is 4. The minimum Gasteiger partial charge on any atom is -0.488 e. The molecule has 16 nitrogen and oxygen atoms in total. The molecule has 0 bridgehead atoms. The molecule has 0 unspecified atom stereocenters. The number of rotatable bonds is 16. The highest BCUT2D eigenvalue weighted by Gasteiger charge is 2.35. The second-order valence-corrected chi connectivity index (χ2v) is 11.5. The maximum atomic E-state index is 13.8. The number of carbonyl (C=O) groups excluding carboxylic acids is 2. The third-order valence-corrected chi connectivity index (χ3v) is 7.84. The van der Waals surface area contributed by atoms with Gasteiger partial charge in [-0.25, -0.2) is 4.90 Å². The summed E-state index contributed by atoms with van der Waals surface area (Å²) in [6, 6.07) is 16.7. The first kappa shape index (κ1) is 35.5. The van der Waals surface area contributed by atoms with Gasteiger partial charge in [0.05, 0.1) is 17.1 Å². The lowest BCUT2D eigenvalue weighted by Gasteiger charge is -2.29. The molecular formula is C35H32N4O12. The van der Waals surface area contributed by atoms with Crippen LogP contribution in [0.1, 0.15) is 26.3 Å². The van der Waals surface area contributed by atoms with Gasteiger partial charge in [-0.3, -0.25) is 28.8 Å². The molecule has 2 amide bonds. The molecule has 264 valence electrons. The average Bonchev–Trinajstić information content (AvgIpc) is 3.05. The maximum Gasteiger partial charge on any atom is 0.323 e. The molecule has 0 saturated carbocycles. The quantitative estimate of drug-likeness (QED) is 0.0642. The molecule has 1 aliphatic rings. The minimum atomic E-state index is -1.33. The van der Waals surface area contributed by atoms with Crippen molar-refractivity contribution >= 4 is 69.2 Å². The van der Waals surface area contributed by atoms with Crippen molar-refractivity contribution in [2.75, 3.05) is 59.8 Å². The van der Waals surface area contributed by atoms with E-state index in [4.69, 9.17) is 15.2 Å². The highest BCUT2D eigenvalue weighted by Crippen LogP contribution is 2.39. The van der Waals surface area contributed by atoms with Crippen molar-refractivity contribution < 1.29 is 58.7 Å². The summed E-state index contributed by atoms with van der Waals surface area (Å²) >= 11 is 0. The molecule has 0 aliphatic carbocycles. The number of aliphatic carboxylic acids is 4. The Morgan fingerprint density at radius 3 is 1.69 bits per heavy atom. The number of hydrogen-bond donors (Lipinski definition) is 5. The van der Waals surface area contributed by atoms with E-state index in [2.05, 4.69) is 0 Å². The summed E-state index contributed by atoms with van der Waals surface area (Å²) in [6.45, 7) is -1.41. The number of hydrogen-bond acceptors (Lipinski definition) is 11. The fourth-order valence-corrected chi connectivity index (χ4v) is 5.78. The van der Waals surface area contributed by atoms with E-state index in [1.54, 1.807) is 43.3 Å². The molecule has 4 aromatic rings. The van der Waals surface area contributed by atoms with Crippen LogP contribution in [-0.2, 0) is 19.2 Å². The Kier molecular flexibility index (Phi) is 10.2. The average molecular weight is 701 g/mol. The van der Waals surface area contributed by atoms with Gasteiger partial charge in [-0.05, 0) is 55.0 Å². The first-order valence-corrected chi connectivity index (χ1v) is 15.3. The zero-order chi connectivity index (χ0) is 37.0. The molecule has 0 aromatic heterocycles. The van der Waals surface area contributed by atoms with Crippen LogP contribution in [0.15, 0.2) is 66.7 Å². The van der Waals surface area contributed by atoms with Crippen molar-refractivity contribution in [1.29, 1.82) is 0 Å². The van der Waals surface area contributed by atoms with Gasteiger partial charge in [-0.2, -0.15) is 0 Å². The Balaban J connectivity index is 1.47. The highest BCUT2D eigenvalue weighted by molar-refractivity contribution is 6.36. The highest BCUT2D eigenvalue weighted by atomic mass is 16.5. The number of imide groups is 1. The van der Waals surface area contributed by atoms with E-state index in [0.29, 0.717) is 16.5 Å². The molecule has 0 fully saturated rings. The van der Waals surface area contributed by atoms with Gasteiger partial charge in [0.25, 0.3) is 11.8 Å². The predicted octanol–water partition coefficient (Wildman–Crippen LogP) is 2.94. The van der Waals surface area contributed by atoms with Crippen LogP contribution in [0.3, 0.4) is 0 Å². The number of ether oxygens (including phenoxy) is 2. The first-order valence-electron chi connectivity index (χ1n) is 15.3. The van der Waals surface area contributed by atoms with Crippen LogP contribution in [0.5, 0.6) is 11.5 Å². The predicted molar refractivity (Wildman–Crippen MR) is 183 cm³/mol. The molecule has 1 aliphatic heterocycles. The number of anilines is 4. The molecule has 0 spiro atoms. The van der Waals surface area contributed by atoms with Crippen LogP contribution in [0.25, 0.3) is 10.8 Å². The summed E-state index contributed by atoms with van der Waals surface area (Å²) < 4.78 is 11.9. The lowest BCUT2D eigenvalue weighted by atomic mass is 9.93. The van der Waals surface area contributed by atoms with Crippen molar-refractivity contribution in [3.8, 4) is 11.5 Å². The summed E-state index contributed by atoms with van der Waals surface area (Å²) in [6.07, 6.45) is 0. The summed E-state index contributed by atoms with van der Waals surface area (Å²) in [7, 11) is 0. The molecule has 0 atom stereocenters. The van der Waals surface area contributed by atoms with Gasteiger partial charge in [-0.15, -0.1) is 0 Å². The van der Waals surface area contributed by atoms with E-state index >= 15 is 0 Å². The van der Waals surface area contributed by atoms with E-state index in [-0.39, 0.29) is 52.9 Å². The number of carbonyl (C=O) groups is 6. The van der Waals surface area contributed by atoms with E-state index in [0.717, 1.165) is 20.3 Å². The van der Waals surface area contributed by atoms with Crippen molar-refractivity contribution in [3.63, 3.8) is 0 Å². The topological polar surface area (TPSA) is 238 Å². The summed E-state index contributed by atoms with van der Waals surface area (Å²) in [5.41, 5.74) is 7.94. The Morgan fingerprint density at radius 1 is 0.667 bits per heavy atom. The van der Waals surface area contributed by atoms with E-state index in [9.17, 15) is 49.2 Å². The van der Waals surface area contributed by atoms with E-state index < -0.39 is 61.9 Å². The van der Waals surface area contributed by atoms with Crippen LogP contribution in [0, 0.1) is 6.92 Å². The van der Waals surface area contributed by atoms with Crippen LogP contribution in [0.2, 0.25) is 0 Å². The fourth-order valence-electron chi connectivity index (χ4n) is 5.78. The Morgan fingerprint density at radius 2 is 1.16 bits per heavy atom. The normalized spacial score (nSPS) is 12.1. The van der Waals surface area contributed by atoms with Gasteiger partial charge in [0, 0.05) is 33.7 Å². The van der Waals surface area contributed by atoms with E-state index in [1.807, 2.05) is 0 Å². The second kappa shape index (κ2) is 14.7. The molecule has 6 N–H and O–H groups in total. The van der Waals surface area contributed by atoms with Gasteiger partial charge >= 0.3 is 23.9 Å². The number of aryl methyl sites for hydroxylation is 1. The van der Waals surface area contributed by atoms with Crippen molar-refractivity contribution in [2.24, 2.45) is 0 Å². The SMILES string of the molecule is Cc1ccc(N(CC(=O)O)CC(=O)O)c(OCCOc2cc(N3C(=O)c4cccc5c(N)ccc(c45)C3=O)ccc2N(CC(=O)O)CC(=O)O)c1. The lowest BCUT2D eigenvalue weighted by Crippen LogP contribution is -2.40. The molecule has 5 rings (SSSR count). The van der Waals surface area contributed by atoms with Crippen molar-refractivity contribution in [1.82, 2.24) is 0 Å². The Bertz CT molecular complexity index is 2030. The third-order valence-electron chi connectivity index (χ3n) is 7.84. The zero-order valence-corrected chi connectivity index (χ0v) is 27.1. The molecule has 0 radical (unpaired) electrons. The van der Waals surface area contributed by atoms with Gasteiger partial charge < -0.3 is 45.4 Å². The first-order chi connectivity index (χ1) is 24.2. The second-order valence-electron chi connectivity index (χ2n) is 11.5. The zero-order valence-electron chi connectivity index (χ0n) is 27.1. The fraction of sp³-hybridized carbons (Fsp3) is 0.200. The van der Waals surface area contributed by atoms with Crippen molar-refractivity contribution in [3.05, 3.63) is 83.4 Å². The third kappa shape index (κ3) is 7.75. The molecule has 16 heteroatoms. The molecule has 51 heavy (non-hydrogen) atoms. The number of amides is 2. The van der Waals surface area contributed by atoms with Gasteiger partial charge in [0.1, 0.15) is 50.9 Å². The summed E-state index contributed by atoms with van der Waals surface area (Å²) in [5, 5.41) is 38.7. The molecule has 0 saturated heterocycles. The molecular weight excluding hydrogens is 668 g/mol. The molecule has 4 aromatic carbocycles. The van der Waals surface area contributed by atoms with Crippen LogP contribution < -0.4 is 29.9 Å². The van der Waals surface area contributed by atoms with Crippen LogP contribution >= 0.6 is 0 Å². The van der Waals surface area contributed by atoms with Crippen LogP contribution in [0.4, 0.5) is 22.7 Å². The smallest absolute Gasteiger partial charge is 0.323 e. The number of nitrogen functional groups attached to an aromatic ring is 1. The number of nitrogens with two attached hydrogens (primary N) is 1. The summed E-state index contributed by atoms with van der Waals surface area (Å²) in [4.78, 5) is 76.9. The van der Waals surface area contributed by atoms with Crippen LogP contribution in [-0.4, -0.2) is 95.5 Å². The Labute approximate surface area is 289 Å². The summed E-state index contributed by atoms with van der Waals surface area (Å²) in [5.74, 6) is -6.43. The van der Waals surface area contributed by atoms with Gasteiger partial charge in [-0.1, -0.05) is 18.2 Å². The monoisotopic (exact) mass is 700 g/mol. The maximum absolute atomic E-state index is 13.8. The van der Waals surface area contributed by atoms with Crippen molar-refractivity contribution in [2.45, 2.75) is 6.92 Å². The minimum absolute atomic E-state index is 0.0288. The number of carboxylic acid groups (broad SMARTS) is 4. The van der Waals surface area contributed by atoms with Gasteiger partial charge in [0.15, 0.2) is 0 Å². The Hall–Kier alpha value is -6.84. The number of carboxylic acids is 4. The van der Waals surface area contributed by atoms with Gasteiger partial charge in [0.2, 0.25) is 0 Å². The molecule has 1 heterocycles. The largest absolute Gasteiger partial charge is 0.488 e. The standard InChI is InChI=1S/C35H32N4O12/c1-19-5-9-25(37(15-29(40)41)16-30(42)43)27(13-19)50-11-12-51-28-14-20(6-10-26(28)38(17-31(44)45)18-32(46)47)39-34(48)22-4-2-3-21-24(36)8-7-23(33(21)22)35(39)49/h2-10,13-14H,11-12,15-18,36H2,1H3,(H,40,41)(H,42,43)(H,44,45)(H,46,47). The number of nitrogens with zero attached hydrogens (tertiary/aromatic N) is 3. The van der Waals surface area contributed by atoms with E-state index in [1.165, 1.54) is 30.3 Å².